The van der Waals surface area contributed by atoms with E-state index in [1.165, 1.54) is 0 Å². The summed E-state index contributed by atoms with van der Waals surface area (Å²) < 4.78 is 5.27. The summed E-state index contributed by atoms with van der Waals surface area (Å²) in [6.45, 7) is 8.31. The number of amides is 1. The number of carbonyl (C=O) groups excluding carboxylic acids is 1. The molecule has 0 saturated carbocycles. The molecule has 0 aliphatic carbocycles. The highest BCUT2D eigenvalue weighted by molar-refractivity contribution is 5.77. The molecule has 0 aromatic rings. The van der Waals surface area contributed by atoms with Crippen molar-refractivity contribution in [2.45, 2.75) is 45.2 Å². The molecule has 1 fully saturated rings. The predicted octanol–water partition coefficient (Wildman–Crippen LogP) is 0.670. The first kappa shape index (κ1) is 12.5. The first-order valence-corrected chi connectivity index (χ1v) is 5.64. The van der Waals surface area contributed by atoms with Crippen LogP contribution in [0.15, 0.2) is 0 Å². The molecule has 88 valence electrons. The number of hydrogen-bond acceptors (Lipinski definition) is 3. The van der Waals surface area contributed by atoms with Crippen LogP contribution in [0, 0.1) is 0 Å². The van der Waals surface area contributed by atoms with Crippen molar-refractivity contribution in [3.63, 3.8) is 0 Å². The SMILES string of the molecule is CC(C)NCCC(=O)NC1(C)CCOC1. The summed E-state index contributed by atoms with van der Waals surface area (Å²) in [5.74, 6) is 0.108. The molecule has 0 spiro atoms. The monoisotopic (exact) mass is 214 g/mol. The lowest BCUT2D eigenvalue weighted by molar-refractivity contribution is -0.122. The molecule has 1 aliphatic heterocycles. The summed E-state index contributed by atoms with van der Waals surface area (Å²) >= 11 is 0. The normalized spacial score (nSPS) is 25.9. The second kappa shape index (κ2) is 5.47. The number of rotatable bonds is 5. The molecule has 0 aromatic carbocycles. The third-order valence-corrected chi connectivity index (χ3v) is 2.56. The molecule has 1 saturated heterocycles. The van der Waals surface area contributed by atoms with Gasteiger partial charge >= 0.3 is 0 Å². The average Bonchev–Trinajstić information content (AvgIpc) is 2.50. The highest BCUT2D eigenvalue weighted by Crippen LogP contribution is 2.17. The van der Waals surface area contributed by atoms with E-state index in [2.05, 4.69) is 24.5 Å². The Morgan fingerprint density at radius 1 is 1.53 bits per heavy atom. The van der Waals surface area contributed by atoms with Crippen molar-refractivity contribution in [1.29, 1.82) is 0 Å². The molecule has 0 aromatic heterocycles. The number of hydrogen-bond donors (Lipinski definition) is 2. The molecule has 4 nitrogen and oxygen atoms in total. The zero-order valence-corrected chi connectivity index (χ0v) is 9.93. The van der Waals surface area contributed by atoms with Gasteiger partial charge in [-0.1, -0.05) is 13.8 Å². The minimum atomic E-state index is -0.144. The van der Waals surface area contributed by atoms with E-state index in [-0.39, 0.29) is 11.4 Å². The van der Waals surface area contributed by atoms with E-state index in [1.54, 1.807) is 0 Å². The van der Waals surface area contributed by atoms with Crippen LogP contribution in [-0.2, 0) is 9.53 Å². The van der Waals surface area contributed by atoms with Gasteiger partial charge in [0.2, 0.25) is 5.91 Å². The quantitative estimate of drug-likeness (QED) is 0.707. The Labute approximate surface area is 91.8 Å². The third kappa shape index (κ3) is 4.62. The van der Waals surface area contributed by atoms with E-state index in [1.807, 2.05) is 6.92 Å². The van der Waals surface area contributed by atoms with Gasteiger partial charge in [0, 0.05) is 25.6 Å². The van der Waals surface area contributed by atoms with Gasteiger partial charge in [-0.25, -0.2) is 0 Å². The summed E-state index contributed by atoms with van der Waals surface area (Å²) in [4.78, 5) is 11.6. The van der Waals surface area contributed by atoms with Gasteiger partial charge in [0.05, 0.1) is 12.1 Å². The maximum absolute atomic E-state index is 11.6. The van der Waals surface area contributed by atoms with E-state index in [0.717, 1.165) is 19.6 Å². The summed E-state index contributed by atoms with van der Waals surface area (Å²) in [5.41, 5.74) is -0.144. The van der Waals surface area contributed by atoms with Crippen LogP contribution in [0.4, 0.5) is 0 Å². The molecular formula is C11H22N2O2. The Morgan fingerprint density at radius 2 is 2.27 bits per heavy atom. The van der Waals surface area contributed by atoms with Crippen molar-refractivity contribution in [2.24, 2.45) is 0 Å². The lowest BCUT2D eigenvalue weighted by Crippen LogP contribution is -2.47. The third-order valence-electron chi connectivity index (χ3n) is 2.56. The van der Waals surface area contributed by atoms with Crippen molar-refractivity contribution in [1.82, 2.24) is 10.6 Å². The molecule has 1 atom stereocenters. The Hall–Kier alpha value is -0.610. The number of ether oxygens (including phenoxy) is 1. The van der Waals surface area contributed by atoms with E-state index in [0.29, 0.717) is 19.1 Å². The number of nitrogens with one attached hydrogen (secondary N) is 2. The maximum atomic E-state index is 11.6. The van der Waals surface area contributed by atoms with Crippen LogP contribution in [-0.4, -0.2) is 37.2 Å². The van der Waals surface area contributed by atoms with Crippen LogP contribution < -0.4 is 10.6 Å². The molecule has 1 rings (SSSR count). The van der Waals surface area contributed by atoms with E-state index >= 15 is 0 Å². The van der Waals surface area contributed by atoms with Crippen molar-refractivity contribution in [2.75, 3.05) is 19.8 Å². The van der Waals surface area contributed by atoms with Crippen molar-refractivity contribution >= 4 is 5.91 Å². The Kier molecular flexibility index (Phi) is 4.54. The average molecular weight is 214 g/mol. The van der Waals surface area contributed by atoms with Gasteiger partial charge in [0.1, 0.15) is 0 Å². The molecule has 0 bridgehead atoms. The van der Waals surface area contributed by atoms with Gasteiger partial charge in [-0.3, -0.25) is 4.79 Å². The minimum absolute atomic E-state index is 0.108. The van der Waals surface area contributed by atoms with Gasteiger partial charge in [-0.05, 0) is 13.3 Å². The Bertz CT molecular complexity index is 211. The van der Waals surface area contributed by atoms with Gasteiger partial charge in [-0.15, -0.1) is 0 Å². The fraction of sp³-hybridized carbons (Fsp3) is 0.909. The molecule has 1 heterocycles. The molecule has 2 N–H and O–H groups in total. The first-order chi connectivity index (χ1) is 7.02. The van der Waals surface area contributed by atoms with Crippen LogP contribution in [0.2, 0.25) is 0 Å². The molecule has 0 radical (unpaired) electrons. The van der Waals surface area contributed by atoms with Crippen molar-refractivity contribution in [3.8, 4) is 0 Å². The summed E-state index contributed by atoms with van der Waals surface area (Å²) in [6.07, 6.45) is 1.45. The van der Waals surface area contributed by atoms with Gasteiger partial charge in [0.15, 0.2) is 0 Å². The van der Waals surface area contributed by atoms with Crippen LogP contribution in [0.3, 0.4) is 0 Å². The Morgan fingerprint density at radius 3 is 2.80 bits per heavy atom. The van der Waals surface area contributed by atoms with Crippen LogP contribution in [0.5, 0.6) is 0 Å². The zero-order valence-electron chi connectivity index (χ0n) is 9.93. The fourth-order valence-electron chi connectivity index (χ4n) is 1.64. The molecule has 15 heavy (non-hydrogen) atoms. The van der Waals surface area contributed by atoms with Crippen LogP contribution in [0.1, 0.15) is 33.6 Å². The van der Waals surface area contributed by atoms with Crippen molar-refractivity contribution in [3.05, 3.63) is 0 Å². The summed E-state index contributed by atoms with van der Waals surface area (Å²) in [7, 11) is 0. The van der Waals surface area contributed by atoms with E-state index < -0.39 is 0 Å². The van der Waals surface area contributed by atoms with Crippen molar-refractivity contribution < 1.29 is 9.53 Å². The minimum Gasteiger partial charge on any atom is -0.379 e. The smallest absolute Gasteiger partial charge is 0.221 e. The first-order valence-electron chi connectivity index (χ1n) is 5.64. The molecule has 1 amide bonds. The van der Waals surface area contributed by atoms with Gasteiger partial charge in [-0.2, -0.15) is 0 Å². The second-order valence-electron chi connectivity index (χ2n) is 4.77. The predicted molar refractivity (Wildman–Crippen MR) is 59.7 cm³/mol. The standard InChI is InChI=1S/C11H22N2O2/c1-9(2)12-6-4-10(14)13-11(3)5-7-15-8-11/h9,12H,4-8H2,1-3H3,(H,13,14). The highest BCUT2D eigenvalue weighted by atomic mass is 16.5. The van der Waals surface area contributed by atoms with E-state index in [4.69, 9.17) is 4.74 Å². The molecule has 1 aliphatic rings. The zero-order chi connectivity index (χ0) is 11.3. The van der Waals surface area contributed by atoms with E-state index in [9.17, 15) is 4.79 Å². The summed E-state index contributed by atoms with van der Waals surface area (Å²) in [5, 5.41) is 6.25. The lowest BCUT2D eigenvalue weighted by atomic mass is 10.0. The molecular weight excluding hydrogens is 192 g/mol. The lowest BCUT2D eigenvalue weighted by Gasteiger charge is -2.23. The second-order valence-corrected chi connectivity index (χ2v) is 4.77. The van der Waals surface area contributed by atoms with Crippen LogP contribution in [0.25, 0.3) is 0 Å². The number of carbonyl (C=O) groups is 1. The topological polar surface area (TPSA) is 50.4 Å². The molecule has 1 unspecified atom stereocenters. The van der Waals surface area contributed by atoms with Crippen LogP contribution >= 0.6 is 0 Å². The highest BCUT2D eigenvalue weighted by Gasteiger charge is 2.30. The summed E-state index contributed by atoms with van der Waals surface area (Å²) in [6, 6.07) is 0.434. The fourth-order valence-corrected chi connectivity index (χ4v) is 1.64. The Balaban J connectivity index is 2.18. The van der Waals surface area contributed by atoms with Gasteiger partial charge < -0.3 is 15.4 Å². The van der Waals surface area contributed by atoms with Gasteiger partial charge in [0.25, 0.3) is 0 Å². The largest absolute Gasteiger partial charge is 0.379 e. The molecule has 4 heteroatoms. The maximum Gasteiger partial charge on any atom is 0.221 e.